The van der Waals surface area contributed by atoms with E-state index in [0.717, 1.165) is 26.5 Å². The second kappa shape index (κ2) is 8.49. The Labute approximate surface area is 186 Å². The van der Waals surface area contributed by atoms with E-state index in [9.17, 15) is 9.18 Å². The van der Waals surface area contributed by atoms with Crippen molar-refractivity contribution in [1.29, 1.82) is 0 Å². The van der Waals surface area contributed by atoms with Crippen molar-refractivity contribution >= 4 is 33.3 Å². The molecule has 0 saturated heterocycles. The molecule has 2 heterocycles. The number of halogens is 1. The number of thiophene rings is 1. The van der Waals surface area contributed by atoms with Crippen molar-refractivity contribution < 1.29 is 4.39 Å². The summed E-state index contributed by atoms with van der Waals surface area (Å²) in [5.41, 5.74) is 2.72. The molecule has 3 aromatic carbocycles. The van der Waals surface area contributed by atoms with Gasteiger partial charge in [-0.05, 0) is 41.5 Å². The molecule has 0 aliphatic heterocycles. The summed E-state index contributed by atoms with van der Waals surface area (Å²) in [6.07, 6.45) is 0. The Morgan fingerprint density at radius 1 is 0.903 bits per heavy atom. The number of benzene rings is 3. The Balaban J connectivity index is 1.63. The van der Waals surface area contributed by atoms with Crippen LogP contribution in [-0.2, 0) is 5.75 Å². The SMILES string of the molecule is O=c1c2cc(-c3ccccc3)sc2nc(SCc2ccc(F)cc2)n1-c1ccccc1. The monoisotopic (exact) mass is 444 g/mol. The van der Waals surface area contributed by atoms with Crippen LogP contribution in [0, 0.1) is 5.82 Å². The predicted molar refractivity (Wildman–Crippen MR) is 127 cm³/mol. The molecule has 31 heavy (non-hydrogen) atoms. The van der Waals surface area contributed by atoms with Gasteiger partial charge in [-0.15, -0.1) is 11.3 Å². The van der Waals surface area contributed by atoms with Gasteiger partial charge in [-0.3, -0.25) is 9.36 Å². The van der Waals surface area contributed by atoms with Crippen molar-refractivity contribution in [3.05, 3.63) is 113 Å². The highest BCUT2D eigenvalue weighted by atomic mass is 32.2. The summed E-state index contributed by atoms with van der Waals surface area (Å²) in [6, 6.07) is 27.9. The molecular formula is C25H17FN2OS2. The van der Waals surface area contributed by atoms with Crippen molar-refractivity contribution in [1.82, 2.24) is 9.55 Å². The first kappa shape index (κ1) is 19.7. The molecule has 0 radical (unpaired) electrons. The molecule has 0 atom stereocenters. The van der Waals surface area contributed by atoms with Crippen LogP contribution in [0.4, 0.5) is 4.39 Å². The standard InChI is InChI=1S/C25H17FN2OS2/c26-19-13-11-17(12-14-19)16-30-25-27-23-21(15-22(31-23)18-7-3-1-4-8-18)24(29)28(25)20-9-5-2-6-10-20/h1-15H,16H2. The van der Waals surface area contributed by atoms with Crippen LogP contribution in [0.15, 0.2) is 101 Å². The maximum absolute atomic E-state index is 13.5. The molecule has 0 unspecified atom stereocenters. The van der Waals surface area contributed by atoms with E-state index in [1.54, 1.807) is 16.7 Å². The predicted octanol–water partition coefficient (Wildman–Crippen LogP) is 6.55. The molecule has 3 nitrogen and oxygen atoms in total. The van der Waals surface area contributed by atoms with Crippen LogP contribution in [0.5, 0.6) is 0 Å². The first-order chi connectivity index (χ1) is 15.2. The minimum absolute atomic E-state index is 0.0868. The van der Waals surface area contributed by atoms with Crippen molar-refractivity contribution in [2.24, 2.45) is 0 Å². The number of fused-ring (bicyclic) bond motifs is 1. The van der Waals surface area contributed by atoms with Crippen LogP contribution in [0.1, 0.15) is 5.56 Å². The lowest BCUT2D eigenvalue weighted by atomic mass is 10.2. The largest absolute Gasteiger partial charge is 0.268 e. The summed E-state index contributed by atoms with van der Waals surface area (Å²) in [5.74, 6) is 0.323. The number of thioether (sulfide) groups is 1. The van der Waals surface area contributed by atoms with Gasteiger partial charge in [0.1, 0.15) is 10.6 Å². The molecule has 0 bridgehead atoms. The minimum Gasteiger partial charge on any atom is -0.268 e. The summed E-state index contributed by atoms with van der Waals surface area (Å²) in [6.45, 7) is 0. The summed E-state index contributed by atoms with van der Waals surface area (Å²) >= 11 is 2.99. The third-order valence-corrected chi connectivity index (χ3v) is 6.98. The summed E-state index contributed by atoms with van der Waals surface area (Å²) in [5, 5.41) is 1.23. The highest BCUT2D eigenvalue weighted by molar-refractivity contribution is 7.98. The first-order valence-electron chi connectivity index (χ1n) is 9.74. The molecule has 0 amide bonds. The maximum Gasteiger partial charge on any atom is 0.267 e. The Kier molecular flexibility index (Phi) is 5.40. The third kappa shape index (κ3) is 4.04. The van der Waals surface area contributed by atoms with Crippen LogP contribution in [0.3, 0.4) is 0 Å². The van der Waals surface area contributed by atoms with Crippen molar-refractivity contribution in [2.75, 3.05) is 0 Å². The van der Waals surface area contributed by atoms with E-state index in [0.29, 0.717) is 16.3 Å². The van der Waals surface area contributed by atoms with Crippen LogP contribution < -0.4 is 5.56 Å². The molecule has 152 valence electrons. The van der Waals surface area contributed by atoms with E-state index in [1.165, 1.54) is 35.2 Å². The van der Waals surface area contributed by atoms with Gasteiger partial charge in [0.25, 0.3) is 5.56 Å². The molecule has 0 spiro atoms. The summed E-state index contributed by atoms with van der Waals surface area (Å²) in [4.78, 5) is 20.1. The molecule has 0 aliphatic rings. The zero-order chi connectivity index (χ0) is 21.2. The minimum atomic E-state index is -0.262. The normalized spacial score (nSPS) is 11.1. The molecule has 0 saturated carbocycles. The number of hydrogen-bond donors (Lipinski definition) is 0. The van der Waals surface area contributed by atoms with Gasteiger partial charge in [0.05, 0.1) is 11.1 Å². The smallest absolute Gasteiger partial charge is 0.267 e. The lowest BCUT2D eigenvalue weighted by Gasteiger charge is -2.12. The zero-order valence-corrected chi connectivity index (χ0v) is 18.0. The second-order valence-electron chi connectivity index (χ2n) is 6.98. The Morgan fingerprint density at radius 2 is 1.58 bits per heavy atom. The first-order valence-corrected chi connectivity index (χ1v) is 11.5. The van der Waals surface area contributed by atoms with Gasteiger partial charge in [0.15, 0.2) is 5.16 Å². The van der Waals surface area contributed by atoms with Crippen LogP contribution in [0.2, 0.25) is 0 Å². The van der Waals surface area contributed by atoms with Gasteiger partial charge >= 0.3 is 0 Å². The average molecular weight is 445 g/mol. The van der Waals surface area contributed by atoms with Crippen LogP contribution in [-0.4, -0.2) is 9.55 Å². The lowest BCUT2D eigenvalue weighted by molar-refractivity contribution is 0.627. The molecule has 2 aromatic heterocycles. The van der Waals surface area contributed by atoms with E-state index in [2.05, 4.69) is 0 Å². The fourth-order valence-electron chi connectivity index (χ4n) is 3.34. The average Bonchev–Trinajstić information content (AvgIpc) is 3.25. The van der Waals surface area contributed by atoms with Crippen LogP contribution >= 0.6 is 23.1 Å². The van der Waals surface area contributed by atoms with E-state index in [1.807, 2.05) is 66.7 Å². The Hall–Kier alpha value is -3.22. The molecule has 5 aromatic rings. The lowest BCUT2D eigenvalue weighted by Crippen LogP contribution is -2.21. The van der Waals surface area contributed by atoms with E-state index < -0.39 is 0 Å². The molecular weight excluding hydrogens is 427 g/mol. The zero-order valence-electron chi connectivity index (χ0n) is 16.4. The van der Waals surface area contributed by atoms with Gasteiger partial charge in [-0.1, -0.05) is 72.4 Å². The molecule has 0 N–H and O–H groups in total. The summed E-state index contributed by atoms with van der Waals surface area (Å²) in [7, 11) is 0. The van der Waals surface area contributed by atoms with Crippen molar-refractivity contribution in [3.8, 4) is 16.1 Å². The molecule has 0 fully saturated rings. The Morgan fingerprint density at radius 3 is 2.29 bits per heavy atom. The molecule has 0 aliphatic carbocycles. The highest BCUT2D eigenvalue weighted by Crippen LogP contribution is 2.33. The number of para-hydroxylation sites is 1. The number of rotatable bonds is 5. The van der Waals surface area contributed by atoms with Gasteiger partial charge in [0, 0.05) is 10.6 Å². The third-order valence-electron chi connectivity index (χ3n) is 4.89. The number of aromatic nitrogens is 2. The van der Waals surface area contributed by atoms with Gasteiger partial charge in [-0.25, -0.2) is 9.37 Å². The Bertz CT molecular complexity index is 1400. The highest BCUT2D eigenvalue weighted by Gasteiger charge is 2.16. The summed E-state index contributed by atoms with van der Waals surface area (Å²) < 4.78 is 14.9. The fourth-order valence-corrected chi connectivity index (χ4v) is 5.38. The maximum atomic E-state index is 13.5. The van der Waals surface area contributed by atoms with Gasteiger partial charge in [-0.2, -0.15) is 0 Å². The van der Waals surface area contributed by atoms with E-state index in [-0.39, 0.29) is 11.4 Å². The van der Waals surface area contributed by atoms with E-state index >= 15 is 0 Å². The van der Waals surface area contributed by atoms with Crippen LogP contribution in [0.25, 0.3) is 26.3 Å². The van der Waals surface area contributed by atoms with Gasteiger partial charge in [0.2, 0.25) is 0 Å². The quantitative estimate of drug-likeness (QED) is 0.228. The topological polar surface area (TPSA) is 34.9 Å². The number of nitrogens with zero attached hydrogens (tertiary/aromatic N) is 2. The molecule has 6 heteroatoms. The van der Waals surface area contributed by atoms with Crippen molar-refractivity contribution in [2.45, 2.75) is 10.9 Å². The fraction of sp³-hybridized carbons (Fsp3) is 0.0400. The van der Waals surface area contributed by atoms with Gasteiger partial charge < -0.3 is 0 Å². The second-order valence-corrected chi connectivity index (χ2v) is 8.95. The van der Waals surface area contributed by atoms with Crippen molar-refractivity contribution in [3.63, 3.8) is 0 Å². The van der Waals surface area contributed by atoms with E-state index in [4.69, 9.17) is 4.98 Å². The number of hydrogen-bond acceptors (Lipinski definition) is 4. The molecule has 5 rings (SSSR count).